The van der Waals surface area contributed by atoms with Gasteiger partial charge in [0.05, 0.1) is 6.04 Å². The first-order chi connectivity index (χ1) is 9.43. The molecule has 5 nitrogen and oxygen atoms in total. The first-order valence-corrected chi connectivity index (χ1v) is 7.26. The molecule has 1 amide bonds. The number of hydrogen-bond donors (Lipinski definition) is 1. The molecule has 0 spiro atoms. The minimum absolute atomic E-state index is 0.101. The average Bonchev–Trinajstić information content (AvgIpc) is 2.39. The van der Waals surface area contributed by atoms with Crippen LogP contribution >= 0.6 is 0 Å². The van der Waals surface area contributed by atoms with Gasteiger partial charge in [0.1, 0.15) is 6.61 Å². The Morgan fingerprint density at radius 1 is 1.40 bits per heavy atom. The molecule has 0 aromatic rings. The van der Waals surface area contributed by atoms with E-state index in [4.69, 9.17) is 10.5 Å². The van der Waals surface area contributed by atoms with Gasteiger partial charge in [0.15, 0.2) is 12.2 Å². The van der Waals surface area contributed by atoms with Gasteiger partial charge in [-0.15, -0.1) is 0 Å². The molecule has 0 aliphatic carbocycles. The van der Waals surface area contributed by atoms with Crippen molar-refractivity contribution >= 4 is 12.2 Å². The molecule has 0 fully saturated rings. The minimum Gasteiger partial charge on any atom is -0.472 e. The highest BCUT2D eigenvalue weighted by Gasteiger charge is 2.24. The Hall–Kier alpha value is -1.36. The zero-order valence-electron chi connectivity index (χ0n) is 12.9. The third-order valence-electron chi connectivity index (χ3n) is 2.91. The van der Waals surface area contributed by atoms with Crippen LogP contribution in [0.1, 0.15) is 46.5 Å². The number of unbranched alkanes of at least 4 members (excludes halogenated alkanes) is 2. The summed E-state index contributed by atoms with van der Waals surface area (Å²) in [6.45, 7) is 10.3. The topological polar surface area (TPSA) is 72.6 Å². The van der Waals surface area contributed by atoms with Crippen LogP contribution in [0.2, 0.25) is 0 Å². The SMILES string of the molecule is C=C(OCC=O)N(CCCCC)C(=O)[C@@H](N)CC(C)C. The van der Waals surface area contributed by atoms with Gasteiger partial charge in [0.25, 0.3) is 0 Å². The third kappa shape index (κ3) is 7.28. The van der Waals surface area contributed by atoms with Crippen LogP contribution in [-0.2, 0) is 14.3 Å². The van der Waals surface area contributed by atoms with E-state index < -0.39 is 6.04 Å². The number of hydrogen-bond acceptors (Lipinski definition) is 4. The van der Waals surface area contributed by atoms with Crippen LogP contribution in [0.25, 0.3) is 0 Å². The maximum Gasteiger partial charge on any atom is 0.246 e. The van der Waals surface area contributed by atoms with Crippen LogP contribution in [0.15, 0.2) is 12.5 Å². The molecule has 0 aromatic heterocycles. The Labute approximate surface area is 122 Å². The molecule has 0 aromatic carbocycles. The second-order valence-electron chi connectivity index (χ2n) is 5.30. The van der Waals surface area contributed by atoms with E-state index in [0.29, 0.717) is 25.2 Å². The van der Waals surface area contributed by atoms with Crippen molar-refractivity contribution in [3.05, 3.63) is 12.5 Å². The molecule has 116 valence electrons. The fourth-order valence-electron chi connectivity index (χ4n) is 1.89. The van der Waals surface area contributed by atoms with Crippen molar-refractivity contribution < 1.29 is 14.3 Å². The van der Waals surface area contributed by atoms with Gasteiger partial charge in [-0.1, -0.05) is 33.6 Å². The summed E-state index contributed by atoms with van der Waals surface area (Å²) in [4.78, 5) is 24.2. The van der Waals surface area contributed by atoms with E-state index in [2.05, 4.69) is 13.5 Å². The Bertz CT molecular complexity index is 316. The largest absolute Gasteiger partial charge is 0.472 e. The summed E-state index contributed by atoms with van der Waals surface area (Å²) in [5.74, 6) is 0.360. The van der Waals surface area contributed by atoms with Gasteiger partial charge in [-0.05, 0) is 25.3 Å². The number of rotatable bonds is 11. The number of aldehydes is 1. The van der Waals surface area contributed by atoms with E-state index in [1.165, 1.54) is 4.90 Å². The van der Waals surface area contributed by atoms with Crippen LogP contribution in [0.5, 0.6) is 0 Å². The lowest BCUT2D eigenvalue weighted by molar-refractivity contribution is -0.134. The molecule has 1 atom stereocenters. The van der Waals surface area contributed by atoms with E-state index in [1.54, 1.807) is 0 Å². The second-order valence-corrected chi connectivity index (χ2v) is 5.30. The summed E-state index contributed by atoms with van der Waals surface area (Å²) < 4.78 is 5.15. The van der Waals surface area contributed by atoms with Gasteiger partial charge in [0, 0.05) is 6.54 Å². The van der Waals surface area contributed by atoms with Gasteiger partial charge in [-0.2, -0.15) is 0 Å². The highest BCUT2D eigenvalue weighted by atomic mass is 16.5. The normalized spacial score (nSPS) is 12.1. The van der Waals surface area contributed by atoms with Crippen molar-refractivity contribution in [3.8, 4) is 0 Å². The van der Waals surface area contributed by atoms with E-state index in [0.717, 1.165) is 19.3 Å². The lowest BCUT2D eigenvalue weighted by atomic mass is 10.0. The van der Waals surface area contributed by atoms with E-state index in [1.807, 2.05) is 13.8 Å². The quantitative estimate of drug-likeness (QED) is 0.358. The molecule has 5 heteroatoms. The molecule has 0 saturated heterocycles. The van der Waals surface area contributed by atoms with E-state index >= 15 is 0 Å². The van der Waals surface area contributed by atoms with Crippen LogP contribution < -0.4 is 5.73 Å². The smallest absolute Gasteiger partial charge is 0.246 e. The molecule has 0 bridgehead atoms. The summed E-state index contributed by atoms with van der Waals surface area (Å²) >= 11 is 0. The first kappa shape index (κ1) is 18.6. The number of amides is 1. The first-order valence-electron chi connectivity index (χ1n) is 7.26. The Morgan fingerprint density at radius 2 is 2.05 bits per heavy atom. The molecule has 0 aliphatic rings. The number of ether oxygens (including phenoxy) is 1. The highest BCUT2D eigenvalue weighted by molar-refractivity contribution is 5.83. The van der Waals surface area contributed by atoms with Gasteiger partial charge < -0.3 is 10.5 Å². The fourth-order valence-corrected chi connectivity index (χ4v) is 1.89. The molecule has 0 aliphatic heterocycles. The molecule has 2 N–H and O–H groups in total. The van der Waals surface area contributed by atoms with Crippen molar-refractivity contribution in [2.75, 3.05) is 13.2 Å². The molecule has 0 saturated carbocycles. The van der Waals surface area contributed by atoms with Crippen molar-refractivity contribution in [2.45, 2.75) is 52.5 Å². The molecular formula is C15H28N2O3. The molecule has 0 rings (SSSR count). The minimum atomic E-state index is -0.562. The summed E-state index contributed by atoms with van der Waals surface area (Å²) in [5, 5.41) is 0. The predicted octanol–water partition coefficient (Wildman–Crippen LogP) is 2.07. The Kier molecular flexibility index (Phi) is 9.72. The van der Waals surface area contributed by atoms with E-state index in [9.17, 15) is 9.59 Å². The van der Waals surface area contributed by atoms with Crippen molar-refractivity contribution in [1.82, 2.24) is 4.90 Å². The van der Waals surface area contributed by atoms with Crippen molar-refractivity contribution in [2.24, 2.45) is 11.7 Å². The number of nitrogens with zero attached hydrogens (tertiary/aromatic N) is 1. The lowest BCUT2D eigenvalue weighted by Gasteiger charge is -2.27. The molecule has 0 heterocycles. The Morgan fingerprint density at radius 3 is 2.55 bits per heavy atom. The van der Waals surface area contributed by atoms with Gasteiger partial charge in [-0.3, -0.25) is 14.5 Å². The third-order valence-corrected chi connectivity index (χ3v) is 2.91. The molecule has 0 unspecified atom stereocenters. The second kappa shape index (κ2) is 10.4. The van der Waals surface area contributed by atoms with Gasteiger partial charge >= 0.3 is 0 Å². The zero-order valence-corrected chi connectivity index (χ0v) is 12.9. The predicted molar refractivity (Wildman–Crippen MR) is 79.8 cm³/mol. The van der Waals surface area contributed by atoms with Crippen LogP contribution in [0.4, 0.5) is 0 Å². The summed E-state index contributed by atoms with van der Waals surface area (Å²) in [5.41, 5.74) is 5.93. The van der Waals surface area contributed by atoms with Crippen molar-refractivity contribution in [1.29, 1.82) is 0 Å². The van der Waals surface area contributed by atoms with Crippen molar-refractivity contribution in [3.63, 3.8) is 0 Å². The average molecular weight is 284 g/mol. The number of carbonyl (C=O) groups excluding carboxylic acids is 2. The standard InChI is InChI=1S/C15H28N2O3/c1-5-6-7-8-17(13(4)20-10-9-18)15(19)14(16)11-12(2)3/h9,12,14H,4-8,10-11,16H2,1-3H3/t14-/m0/s1. The van der Waals surface area contributed by atoms with Gasteiger partial charge in [-0.25, -0.2) is 0 Å². The maximum atomic E-state index is 12.3. The monoisotopic (exact) mass is 284 g/mol. The highest BCUT2D eigenvalue weighted by Crippen LogP contribution is 2.12. The Balaban J connectivity index is 4.67. The molecular weight excluding hydrogens is 256 g/mol. The van der Waals surface area contributed by atoms with E-state index in [-0.39, 0.29) is 18.4 Å². The summed E-state index contributed by atoms with van der Waals surface area (Å²) in [7, 11) is 0. The molecule has 0 radical (unpaired) electrons. The summed E-state index contributed by atoms with van der Waals surface area (Å²) in [6.07, 6.45) is 4.18. The summed E-state index contributed by atoms with van der Waals surface area (Å²) in [6, 6.07) is -0.562. The fraction of sp³-hybridized carbons (Fsp3) is 0.733. The zero-order chi connectivity index (χ0) is 15.5. The lowest BCUT2D eigenvalue weighted by Crippen LogP contribution is -2.44. The van der Waals surface area contributed by atoms with Crippen LogP contribution in [0, 0.1) is 5.92 Å². The van der Waals surface area contributed by atoms with Crippen LogP contribution in [-0.4, -0.2) is 36.3 Å². The molecule has 20 heavy (non-hydrogen) atoms. The van der Waals surface area contributed by atoms with Gasteiger partial charge in [0.2, 0.25) is 5.91 Å². The number of carbonyl (C=O) groups is 2. The van der Waals surface area contributed by atoms with Crippen LogP contribution in [0.3, 0.4) is 0 Å². The number of nitrogens with two attached hydrogens (primary N) is 1. The maximum absolute atomic E-state index is 12.3.